The van der Waals surface area contributed by atoms with Crippen LogP contribution in [0.1, 0.15) is 45.4 Å². The molecule has 4 aliphatic carbocycles. The number of hydrogen-bond acceptors (Lipinski definition) is 2. The van der Waals surface area contributed by atoms with Crippen molar-refractivity contribution in [2.24, 2.45) is 23.7 Å². The number of rotatable bonds is 5. The predicted molar refractivity (Wildman–Crippen MR) is 78.1 cm³/mol. The van der Waals surface area contributed by atoms with Gasteiger partial charge in [-0.1, -0.05) is 12.8 Å². The van der Waals surface area contributed by atoms with Crippen molar-refractivity contribution in [1.29, 1.82) is 0 Å². The fourth-order valence-electron chi connectivity index (χ4n) is 5.40. The fourth-order valence-corrected chi connectivity index (χ4v) is 5.40. The van der Waals surface area contributed by atoms with Gasteiger partial charge in [-0.3, -0.25) is 9.69 Å². The zero-order valence-electron chi connectivity index (χ0n) is 12.3. The second-order valence-corrected chi connectivity index (χ2v) is 7.47. The summed E-state index contributed by atoms with van der Waals surface area (Å²) in [6, 6.07) is 0. The first-order chi connectivity index (χ1) is 9.52. The lowest BCUT2D eigenvalue weighted by molar-refractivity contribution is -0.144. The molecule has 0 radical (unpaired) electrons. The summed E-state index contributed by atoms with van der Waals surface area (Å²) in [6.45, 7) is 3.00. The zero-order valence-corrected chi connectivity index (χ0v) is 12.3. The Morgan fingerprint density at radius 1 is 1.30 bits per heavy atom. The molecule has 0 spiro atoms. The second-order valence-electron chi connectivity index (χ2n) is 7.47. The first-order valence-corrected chi connectivity index (χ1v) is 7.94. The van der Waals surface area contributed by atoms with Crippen LogP contribution in [0.2, 0.25) is 0 Å². The van der Waals surface area contributed by atoms with Crippen molar-refractivity contribution in [2.45, 2.75) is 51.0 Å². The molecule has 3 heteroatoms. The van der Waals surface area contributed by atoms with Gasteiger partial charge in [-0.15, -0.1) is 6.42 Å². The number of carbonyl (C=O) groups is 1. The molecule has 0 saturated heterocycles. The first kappa shape index (κ1) is 13.9. The smallest absolute Gasteiger partial charge is 0.307 e. The van der Waals surface area contributed by atoms with Gasteiger partial charge in [0.2, 0.25) is 0 Å². The van der Waals surface area contributed by atoms with Crippen LogP contribution < -0.4 is 0 Å². The van der Waals surface area contributed by atoms with E-state index in [1.165, 1.54) is 38.5 Å². The molecular formula is C17H25NO2. The van der Waals surface area contributed by atoms with Crippen LogP contribution in [0.4, 0.5) is 0 Å². The van der Waals surface area contributed by atoms with Crippen LogP contribution in [-0.2, 0) is 4.79 Å². The lowest BCUT2D eigenvalue weighted by Crippen LogP contribution is -2.61. The standard InChI is InChI=1S/C17H25NO2/c1-3-4-18(11-12(2)16(19)20)17-8-13-5-14(9-17)7-15(6-13)10-17/h1,12-15H,4-11H2,2H3,(H,19,20). The van der Waals surface area contributed by atoms with Crippen LogP contribution in [0.25, 0.3) is 0 Å². The fraction of sp³-hybridized carbons (Fsp3) is 0.824. The van der Waals surface area contributed by atoms with Crippen molar-refractivity contribution in [3.05, 3.63) is 0 Å². The van der Waals surface area contributed by atoms with Gasteiger partial charge in [-0.25, -0.2) is 0 Å². The third kappa shape index (κ3) is 2.35. The maximum Gasteiger partial charge on any atom is 0.307 e. The number of hydrogen-bond donors (Lipinski definition) is 1. The van der Waals surface area contributed by atoms with Crippen LogP contribution in [0.3, 0.4) is 0 Å². The topological polar surface area (TPSA) is 40.5 Å². The van der Waals surface area contributed by atoms with E-state index < -0.39 is 5.97 Å². The Labute approximate surface area is 121 Å². The van der Waals surface area contributed by atoms with E-state index in [2.05, 4.69) is 10.8 Å². The zero-order chi connectivity index (χ0) is 14.3. The summed E-state index contributed by atoms with van der Waals surface area (Å²) in [5.74, 6) is 4.31. The molecule has 4 bridgehead atoms. The van der Waals surface area contributed by atoms with Crippen molar-refractivity contribution in [3.8, 4) is 12.3 Å². The van der Waals surface area contributed by atoms with Gasteiger partial charge in [0.25, 0.3) is 0 Å². The van der Waals surface area contributed by atoms with Gasteiger partial charge in [0.15, 0.2) is 0 Å². The summed E-state index contributed by atoms with van der Waals surface area (Å²) < 4.78 is 0. The molecule has 20 heavy (non-hydrogen) atoms. The van der Waals surface area contributed by atoms with Crippen LogP contribution in [0.15, 0.2) is 0 Å². The van der Waals surface area contributed by atoms with Crippen LogP contribution >= 0.6 is 0 Å². The van der Waals surface area contributed by atoms with Crippen molar-refractivity contribution < 1.29 is 9.90 Å². The summed E-state index contributed by atoms with van der Waals surface area (Å²) in [7, 11) is 0. The summed E-state index contributed by atoms with van der Waals surface area (Å²) >= 11 is 0. The highest BCUT2D eigenvalue weighted by Gasteiger charge is 2.53. The summed E-state index contributed by atoms with van der Waals surface area (Å²) in [4.78, 5) is 13.5. The molecular weight excluding hydrogens is 250 g/mol. The highest BCUT2D eigenvalue weighted by molar-refractivity contribution is 5.69. The second kappa shape index (κ2) is 5.07. The van der Waals surface area contributed by atoms with Crippen LogP contribution in [0.5, 0.6) is 0 Å². The van der Waals surface area contributed by atoms with E-state index in [-0.39, 0.29) is 11.5 Å². The minimum atomic E-state index is -0.711. The molecule has 3 nitrogen and oxygen atoms in total. The summed E-state index contributed by atoms with van der Waals surface area (Å²) in [6.07, 6.45) is 13.5. The molecule has 4 aliphatic rings. The average molecular weight is 275 g/mol. The van der Waals surface area contributed by atoms with Gasteiger partial charge in [-0.2, -0.15) is 0 Å². The minimum absolute atomic E-state index is 0.213. The van der Waals surface area contributed by atoms with E-state index in [0.717, 1.165) is 17.8 Å². The number of aliphatic carboxylic acids is 1. The Hall–Kier alpha value is -1.01. The molecule has 0 aromatic rings. The van der Waals surface area contributed by atoms with Crippen LogP contribution in [-0.4, -0.2) is 34.6 Å². The highest BCUT2D eigenvalue weighted by atomic mass is 16.4. The molecule has 4 rings (SSSR count). The molecule has 0 aromatic heterocycles. The number of carboxylic acid groups (broad SMARTS) is 1. The van der Waals surface area contributed by atoms with Crippen LogP contribution in [0, 0.1) is 36.0 Å². The van der Waals surface area contributed by atoms with Crippen molar-refractivity contribution in [2.75, 3.05) is 13.1 Å². The molecule has 0 heterocycles. The monoisotopic (exact) mass is 275 g/mol. The van der Waals surface area contributed by atoms with Crippen molar-refractivity contribution in [1.82, 2.24) is 4.90 Å². The molecule has 0 aromatic carbocycles. The lowest BCUT2D eigenvalue weighted by Gasteiger charge is -2.60. The van der Waals surface area contributed by atoms with E-state index in [0.29, 0.717) is 13.1 Å². The number of carboxylic acids is 1. The SMILES string of the molecule is C#CCN(CC(C)C(=O)O)C12CC3CC(CC(C3)C1)C2. The minimum Gasteiger partial charge on any atom is -0.481 e. The van der Waals surface area contributed by atoms with Crippen molar-refractivity contribution in [3.63, 3.8) is 0 Å². The maximum atomic E-state index is 11.2. The third-order valence-corrected chi connectivity index (χ3v) is 5.87. The average Bonchev–Trinajstić information content (AvgIpc) is 2.36. The molecule has 110 valence electrons. The molecule has 1 atom stereocenters. The summed E-state index contributed by atoms with van der Waals surface area (Å²) in [5.41, 5.74) is 0.213. The lowest BCUT2D eigenvalue weighted by atomic mass is 9.52. The van der Waals surface area contributed by atoms with Gasteiger partial charge >= 0.3 is 5.97 Å². The van der Waals surface area contributed by atoms with E-state index in [1.54, 1.807) is 6.92 Å². The van der Waals surface area contributed by atoms with Gasteiger partial charge in [-0.05, 0) is 56.3 Å². The predicted octanol–water partition coefficient (Wildman–Crippen LogP) is 2.61. The van der Waals surface area contributed by atoms with Gasteiger partial charge in [0.1, 0.15) is 0 Å². The molecule has 4 saturated carbocycles. The Morgan fingerprint density at radius 2 is 1.80 bits per heavy atom. The maximum absolute atomic E-state index is 11.2. The van der Waals surface area contributed by atoms with E-state index >= 15 is 0 Å². The Balaban J connectivity index is 1.80. The largest absolute Gasteiger partial charge is 0.481 e. The molecule has 4 fully saturated rings. The van der Waals surface area contributed by atoms with E-state index in [9.17, 15) is 9.90 Å². The van der Waals surface area contributed by atoms with Gasteiger partial charge in [0.05, 0.1) is 12.5 Å². The molecule has 0 aliphatic heterocycles. The molecule has 1 N–H and O–H groups in total. The third-order valence-electron chi connectivity index (χ3n) is 5.87. The number of terminal acetylenes is 1. The Kier molecular flexibility index (Phi) is 3.54. The van der Waals surface area contributed by atoms with E-state index in [1.807, 2.05) is 0 Å². The molecule has 1 unspecified atom stereocenters. The van der Waals surface area contributed by atoms with Crippen molar-refractivity contribution >= 4 is 5.97 Å². The Bertz CT molecular complexity index is 401. The van der Waals surface area contributed by atoms with E-state index in [4.69, 9.17) is 6.42 Å². The van der Waals surface area contributed by atoms with Gasteiger partial charge in [0, 0.05) is 12.1 Å². The Morgan fingerprint density at radius 3 is 2.20 bits per heavy atom. The quantitative estimate of drug-likeness (QED) is 0.784. The summed E-state index contributed by atoms with van der Waals surface area (Å²) in [5, 5.41) is 9.20. The number of nitrogens with zero attached hydrogens (tertiary/aromatic N) is 1. The highest BCUT2D eigenvalue weighted by Crippen LogP contribution is 2.57. The first-order valence-electron chi connectivity index (χ1n) is 7.94. The normalized spacial score (nSPS) is 39.8. The van der Waals surface area contributed by atoms with Gasteiger partial charge < -0.3 is 5.11 Å². The molecule has 0 amide bonds.